The van der Waals surface area contributed by atoms with Gasteiger partial charge in [-0.25, -0.2) is 4.98 Å². The summed E-state index contributed by atoms with van der Waals surface area (Å²) in [5, 5.41) is 0.660. The molecule has 1 unspecified atom stereocenters. The van der Waals surface area contributed by atoms with Crippen molar-refractivity contribution in [3.63, 3.8) is 0 Å². The van der Waals surface area contributed by atoms with Gasteiger partial charge >= 0.3 is 0 Å². The molecule has 4 nitrogen and oxygen atoms in total. The standard InChI is InChI=1S/C16H25ClN4/c1-4-20(5-2)11-7-8-12(3)21-14-10-6-9-13(17)15(14)19-16(21)18/h6,9-10,12H,4-5,7-8,11H2,1-3H3,(H2,18,19). The van der Waals surface area contributed by atoms with E-state index in [-0.39, 0.29) is 0 Å². The van der Waals surface area contributed by atoms with Crippen LogP contribution in [0, 0.1) is 0 Å². The highest BCUT2D eigenvalue weighted by molar-refractivity contribution is 6.35. The van der Waals surface area contributed by atoms with Crippen LogP contribution in [0.1, 0.15) is 39.7 Å². The molecule has 0 aliphatic carbocycles. The predicted molar refractivity (Wildman–Crippen MR) is 90.9 cm³/mol. The Labute approximate surface area is 131 Å². The van der Waals surface area contributed by atoms with Gasteiger partial charge in [0.2, 0.25) is 5.95 Å². The van der Waals surface area contributed by atoms with Crippen LogP contribution in [-0.4, -0.2) is 34.1 Å². The van der Waals surface area contributed by atoms with Crippen molar-refractivity contribution in [2.75, 3.05) is 25.4 Å². The molecule has 2 N–H and O–H groups in total. The molecule has 116 valence electrons. The molecule has 2 rings (SSSR count). The van der Waals surface area contributed by atoms with E-state index in [9.17, 15) is 0 Å². The number of hydrogen-bond donors (Lipinski definition) is 1. The molecule has 5 heteroatoms. The van der Waals surface area contributed by atoms with Gasteiger partial charge in [0.15, 0.2) is 0 Å². The smallest absolute Gasteiger partial charge is 0.201 e. The molecule has 0 fully saturated rings. The Morgan fingerprint density at radius 3 is 2.71 bits per heavy atom. The summed E-state index contributed by atoms with van der Waals surface area (Å²) < 4.78 is 2.10. The number of nitrogens with two attached hydrogens (primary N) is 1. The van der Waals surface area contributed by atoms with Crippen LogP contribution in [0.3, 0.4) is 0 Å². The number of imidazole rings is 1. The lowest BCUT2D eigenvalue weighted by atomic mass is 10.1. The highest BCUT2D eigenvalue weighted by atomic mass is 35.5. The van der Waals surface area contributed by atoms with Gasteiger partial charge in [-0.3, -0.25) is 0 Å². The monoisotopic (exact) mass is 308 g/mol. The molecule has 1 heterocycles. The molecular weight excluding hydrogens is 284 g/mol. The topological polar surface area (TPSA) is 47.1 Å². The zero-order valence-corrected chi connectivity index (χ0v) is 13.9. The molecule has 21 heavy (non-hydrogen) atoms. The fourth-order valence-corrected chi connectivity index (χ4v) is 3.06. The van der Waals surface area contributed by atoms with Crippen LogP contribution in [0.4, 0.5) is 5.95 Å². The van der Waals surface area contributed by atoms with Crippen molar-refractivity contribution < 1.29 is 0 Å². The van der Waals surface area contributed by atoms with Gasteiger partial charge in [0.05, 0.1) is 10.5 Å². The van der Waals surface area contributed by atoms with E-state index in [0.29, 0.717) is 17.0 Å². The van der Waals surface area contributed by atoms with Crippen LogP contribution in [-0.2, 0) is 0 Å². The first-order valence-electron chi connectivity index (χ1n) is 7.72. The molecule has 0 radical (unpaired) electrons. The number of rotatable bonds is 7. The van der Waals surface area contributed by atoms with Crippen molar-refractivity contribution >= 4 is 28.6 Å². The Morgan fingerprint density at radius 1 is 1.33 bits per heavy atom. The second-order valence-electron chi connectivity index (χ2n) is 5.47. The van der Waals surface area contributed by atoms with Crippen LogP contribution >= 0.6 is 11.6 Å². The van der Waals surface area contributed by atoms with Crippen LogP contribution in [0.25, 0.3) is 11.0 Å². The van der Waals surface area contributed by atoms with Gasteiger partial charge in [0.1, 0.15) is 5.52 Å². The summed E-state index contributed by atoms with van der Waals surface area (Å²) in [6, 6.07) is 6.16. The number of hydrogen-bond acceptors (Lipinski definition) is 3. The van der Waals surface area contributed by atoms with E-state index < -0.39 is 0 Å². The fourth-order valence-electron chi connectivity index (χ4n) is 2.84. The first kappa shape index (κ1) is 16.1. The second-order valence-corrected chi connectivity index (χ2v) is 5.87. The van der Waals surface area contributed by atoms with Gasteiger partial charge in [-0.1, -0.05) is 31.5 Å². The quantitative estimate of drug-likeness (QED) is 0.842. The number of nitrogen functional groups attached to an aromatic ring is 1. The van der Waals surface area contributed by atoms with Crippen molar-refractivity contribution in [3.05, 3.63) is 23.2 Å². The van der Waals surface area contributed by atoms with Gasteiger partial charge in [-0.2, -0.15) is 0 Å². The molecule has 0 amide bonds. The summed E-state index contributed by atoms with van der Waals surface area (Å²) in [5.74, 6) is 0.549. The lowest BCUT2D eigenvalue weighted by molar-refractivity contribution is 0.289. The summed E-state index contributed by atoms with van der Waals surface area (Å²) in [6.07, 6.45) is 2.24. The average molecular weight is 309 g/mol. The van der Waals surface area contributed by atoms with E-state index in [1.54, 1.807) is 0 Å². The van der Waals surface area contributed by atoms with Crippen LogP contribution in [0.15, 0.2) is 18.2 Å². The zero-order valence-electron chi connectivity index (χ0n) is 13.1. The third kappa shape index (κ3) is 3.50. The first-order valence-corrected chi connectivity index (χ1v) is 8.10. The van der Waals surface area contributed by atoms with Gasteiger partial charge in [0, 0.05) is 6.04 Å². The minimum absolute atomic E-state index is 0.323. The highest BCUT2D eigenvalue weighted by Gasteiger charge is 2.15. The molecule has 2 aromatic rings. The number of fused-ring (bicyclic) bond motifs is 1. The molecule has 0 aliphatic rings. The number of aromatic nitrogens is 2. The molecular formula is C16H25ClN4. The predicted octanol–water partition coefficient (Wildman–Crippen LogP) is 3.95. The third-order valence-electron chi connectivity index (χ3n) is 4.13. The Kier molecular flexibility index (Phi) is 5.48. The number of para-hydroxylation sites is 1. The van der Waals surface area contributed by atoms with Crippen molar-refractivity contribution in [3.8, 4) is 0 Å². The second kappa shape index (κ2) is 7.14. The van der Waals surface area contributed by atoms with Gasteiger partial charge in [-0.15, -0.1) is 0 Å². The maximum absolute atomic E-state index is 6.19. The first-order chi connectivity index (χ1) is 10.1. The summed E-state index contributed by atoms with van der Waals surface area (Å²) in [6.45, 7) is 9.95. The fraction of sp³-hybridized carbons (Fsp3) is 0.562. The summed E-state index contributed by atoms with van der Waals surface area (Å²) >= 11 is 6.19. The summed E-state index contributed by atoms with van der Waals surface area (Å²) in [5.41, 5.74) is 7.91. The zero-order chi connectivity index (χ0) is 15.4. The molecule has 0 saturated heterocycles. The molecule has 1 aromatic heterocycles. The molecule has 0 bridgehead atoms. The van der Waals surface area contributed by atoms with E-state index >= 15 is 0 Å². The van der Waals surface area contributed by atoms with Gasteiger partial charge < -0.3 is 15.2 Å². The highest BCUT2D eigenvalue weighted by Crippen LogP contribution is 2.29. The van der Waals surface area contributed by atoms with Crippen LogP contribution in [0.2, 0.25) is 5.02 Å². The minimum atomic E-state index is 0.323. The molecule has 1 aromatic carbocycles. The molecule has 1 atom stereocenters. The number of benzene rings is 1. The van der Waals surface area contributed by atoms with Gasteiger partial charge in [-0.05, 0) is 51.5 Å². The van der Waals surface area contributed by atoms with Crippen LogP contribution < -0.4 is 5.73 Å². The lowest BCUT2D eigenvalue weighted by Gasteiger charge is -2.20. The Balaban J connectivity index is 2.11. The number of anilines is 1. The van der Waals surface area contributed by atoms with E-state index in [2.05, 4.69) is 35.2 Å². The normalized spacial score (nSPS) is 13.2. The molecule has 0 saturated carbocycles. The summed E-state index contributed by atoms with van der Waals surface area (Å²) in [4.78, 5) is 6.85. The largest absolute Gasteiger partial charge is 0.369 e. The van der Waals surface area contributed by atoms with Crippen molar-refractivity contribution in [2.45, 2.75) is 39.7 Å². The Bertz CT molecular complexity index is 589. The SMILES string of the molecule is CCN(CC)CCCC(C)n1c(N)nc2c(Cl)cccc21. The van der Waals surface area contributed by atoms with E-state index in [4.69, 9.17) is 17.3 Å². The van der Waals surface area contributed by atoms with Crippen molar-refractivity contribution in [1.82, 2.24) is 14.5 Å². The van der Waals surface area contributed by atoms with Gasteiger partial charge in [0.25, 0.3) is 0 Å². The van der Waals surface area contributed by atoms with Crippen molar-refractivity contribution in [1.29, 1.82) is 0 Å². The average Bonchev–Trinajstić information content (AvgIpc) is 2.81. The summed E-state index contributed by atoms with van der Waals surface area (Å²) in [7, 11) is 0. The lowest BCUT2D eigenvalue weighted by Crippen LogP contribution is -2.24. The maximum Gasteiger partial charge on any atom is 0.201 e. The minimum Gasteiger partial charge on any atom is -0.369 e. The maximum atomic E-state index is 6.19. The Morgan fingerprint density at radius 2 is 2.05 bits per heavy atom. The molecule has 0 aliphatic heterocycles. The van der Waals surface area contributed by atoms with Crippen molar-refractivity contribution in [2.24, 2.45) is 0 Å². The van der Waals surface area contributed by atoms with E-state index in [1.807, 2.05) is 18.2 Å². The third-order valence-corrected chi connectivity index (χ3v) is 4.43. The Hall–Kier alpha value is -1.26. The molecule has 0 spiro atoms. The van der Waals surface area contributed by atoms with E-state index in [1.165, 1.54) is 0 Å². The number of halogens is 1. The number of nitrogens with zero attached hydrogens (tertiary/aromatic N) is 3. The van der Waals surface area contributed by atoms with Crippen LogP contribution in [0.5, 0.6) is 0 Å². The van der Waals surface area contributed by atoms with E-state index in [0.717, 1.165) is 43.5 Å².